The molecule has 0 spiro atoms. The van der Waals surface area contributed by atoms with Crippen LogP contribution < -0.4 is 5.32 Å². The van der Waals surface area contributed by atoms with Crippen molar-refractivity contribution in [2.45, 2.75) is 33.4 Å². The minimum Gasteiger partial charge on any atom is -0.313 e. The zero-order valence-electron chi connectivity index (χ0n) is 11.3. The first-order chi connectivity index (χ1) is 8.54. The summed E-state index contributed by atoms with van der Waals surface area (Å²) in [5, 5.41) is 3.62. The minimum absolute atomic E-state index is 0.243. The van der Waals surface area contributed by atoms with Crippen LogP contribution in [0.4, 0.5) is 4.39 Å². The van der Waals surface area contributed by atoms with Crippen molar-refractivity contribution in [3.63, 3.8) is 0 Å². The standard InChI is InChI=1S/C14H22ClFN2/c1-4-18(9-8-17-11(2)3)10-12-6-5-7-13(16)14(12)15/h5-7,11,17H,4,8-10H2,1-3H3. The molecular formula is C14H22ClFN2. The number of nitrogens with zero attached hydrogens (tertiary/aromatic N) is 1. The highest BCUT2D eigenvalue weighted by Crippen LogP contribution is 2.20. The lowest BCUT2D eigenvalue weighted by Gasteiger charge is -2.22. The lowest BCUT2D eigenvalue weighted by Crippen LogP contribution is -2.34. The van der Waals surface area contributed by atoms with E-state index >= 15 is 0 Å². The van der Waals surface area contributed by atoms with Gasteiger partial charge in [0.25, 0.3) is 0 Å². The number of hydrogen-bond donors (Lipinski definition) is 1. The molecule has 1 rings (SSSR count). The summed E-state index contributed by atoms with van der Waals surface area (Å²) in [6.07, 6.45) is 0. The fourth-order valence-electron chi connectivity index (χ4n) is 1.77. The summed E-state index contributed by atoms with van der Waals surface area (Å²) < 4.78 is 13.3. The summed E-state index contributed by atoms with van der Waals surface area (Å²) in [6.45, 7) is 9.82. The van der Waals surface area contributed by atoms with Gasteiger partial charge in [-0.1, -0.05) is 44.5 Å². The van der Waals surface area contributed by atoms with Crippen LogP contribution in [0.3, 0.4) is 0 Å². The molecule has 18 heavy (non-hydrogen) atoms. The molecule has 2 nitrogen and oxygen atoms in total. The molecule has 4 heteroatoms. The largest absolute Gasteiger partial charge is 0.313 e. The lowest BCUT2D eigenvalue weighted by molar-refractivity contribution is 0.276. The van der Waals surface area contributed by atoms with E-state index in [9.17, 15) is 4.39 Å². The average molecular weight is 273 g/mol. The Labute approximate surface area is 114 Å². The van der Waals surface area contributed by atoms with Crippen LogP contribution in [0.15, 0.2) is 18.2 Å². The first-order valence-electron chi connectivity index (χ1n) is 6.43. The second-order valence-electron chi connectivity index (χ2n) is 4.69. The Bertz CT molecular complexity index is 369. The number of hydrogen-bond acceptors (Lipinski definition) is 2. The molecule has 0 saturated carbocycles. The van der Waals surface area contributed by atoms with Crippen LogP contribution in [0, 0.1) is 5.82 Å². The molecular weight excluding hydrogens is 251 g/mol. The van der Waals surface area contributed by atoms with E-state index in [1.807, 2.05) is 6.07 Å². The third-order valence-corrected chi connectivity index (χ3v) is 3.28. The number of benzene rings is 1. The normalized spacial score (nSPS) is 11.5. The minimum atomic E-state index is -0.342. The van der Waals surface area contributed by atoms with Crippen LogP contribution in [0.1, 0.15) is 26.3 Å². The highest BCUT2D eigenvalue weighted by atomic mass is 35.5. The van der Waals surface area contributed by atoms with Gasteiger partial charge in [-0.25, -0.2) is 4.39 Å². The van der Waals surface area contributed by atoms with Gasteiger partial charge in [0, 0.05) is 25.7 Å². The van der Waals surface area contributed by atoms with Gasteiger partial charge in [0.1, 0.15) is 5.82 Å². The molecule has 0 saturated heterocycles. The topological polar surface area (TPSA) is 15.3 Å². The van der Waals surface area contributed by atoms with Gasteiger partial charge in [-0.15, -0.1) is 0 Å². The predicted molar refractivity (Wildman–Crippen MR) is 75.5 cm³/mol. The van der Waals surface area contributed by atoms with Crippen molar-refractivity contribution >= 4 is 11.6 Å². The second-order valence-corrected chi connectivity index (χ2v) is 5.07. The summed E-state index contributed by atoms with van der Waals surface area (Å²) in [7, 11) is 0. The third kappa shape index (κ3) is 4.92. The number of likely N-dealkylation sites (N-methyl/N-ethyl adjacent to an activating group) is 1. The summed E-state index contributed by atoms with van der Waals surface area (Å²) in [6, 6.07) is 5.46. The molecule has 0 aromatic heterocycles. The van der Waals surface area contributed by atoms with Crippen molar-refractivity contribution in [3.05, 3.63) is 34.6 Å². The van der Waals surface area contributed by atoms with Crippen molar-refractivity contribution in [1.29, 1.82) is 0 Å². The van der Waals surface area contributed by atoms with E-state index in [4.69, 9.17) is 11.6 Å². The molecule has 0 bridgehead atoms. The van der Waals surface area contributed by atoms with E-state index < -0.39 is 0 Å². The van der Waals surface area contributed by atoms with Crippen molar-refractivity contribution in [2.24, 2.45) is 0 Å². The maximum absolute atomic E-state index is 13.3. The van der Waals surface area contributed by atoms with Crippen LogP contribution in [0.2, 0.25) is 5.02 Å². The van der Waals surface area contributed by atoms with Gasteiger partial charge in [0.05, 0.1) is 5.02 Å². The zero-order valence-corrected chi connectivity index (χ0v) is 12.1. The molecule has 0 fully saturated rings. The van der Waals surface area contributed by atoms with Crippen LogP contribution in [-0.2, 0) is 6.54 Å². The SMILES string of the molecule is CCN(CCNC(C)C)Cc1cccc(F)c1Cl. The summed E-state index contributed by atoms with van der Waals surface area (Å²) in [5.41, 5.74) is 0.850. The van der Waals surface area contributed by atoms with E-state index in [2.05, 4.69) is 31.0 Å². The van der Waals surface area contributed by atoms with Gasteiger partial charge in [-0.3, -0.25) is 4.90 Å². The first-order valence-corrected chi connectivity index (χ1v) is 6.81. The molecule has 0 aliphatic carbocycles. The van der Waals surface area contributed by atoms with E-state index in [0.717, 1.165) is 25.2 Å². The van der Waals surface area contributed by atoms with Crippen molar-refractivity contribution in [3.8, 4) is 0 Å². The molecule has 1 N–H and O–H groups in total. The number of halogens is 2. The monoisotopic (exact) mass is 272 g/mol. The van der Waals surface area contributed by atoms with E-state index in [1.165, 1.54) is 6.07 Å². The van der Waals surface area contributed by atoms with Gasteiger partial charge in [-0.05, 0) is 18.2 Å². The maximum Gasteiger partial charge on any atom is 0.142 e. The molecule has 0 atom stereocenters. The molecule has 0 unspecified atom stereocenters. The Balaban J connectivity index is 2.54. The van der Waals surface area contributed by atoms with Crippen molar-refractivity contribution in [1.82, 2.24) is 10.2 Å². The molecule has 0 aliphatic rings. The smallest absolute Gasteiger partial charge is 0.142 e. The summed E-state index contributed by atoms with van der Waals surface area (Å²) in [4.78, 5) is 2.25. The van der Waals surface area contributed by atoms with Crippen LogP contribution in [0.25, 0.3) is 0 Å². The van der Waals surface area contributed by atoms with Gasteiger partial charge in [-0.2, -0.15) is 0 Å². The zero-order chi connectivity index (χ0) is 13.5. The van der Waals surface area contributed by atoms with Crippen molar-refractivity contribution < 1.29 is 4.39 Å². The molecule has 0 heterocycles. The maximum atomic E-state index is 13.3. The van der Waals surface area contributed by atoms with Crippen molar-refractivity contribution in [2.75, 3.05) is 19.6 Å². The Kier molecular flexibility index (Phi) is 6.61. The Morgan fingerprint density at radius 1 is 1.39 bits per heavy atom. The van der Waals surface area contributed by atoms with Gasteiger partial charge < -0.3 is 5.32 Å². The molecule has 0 amide bonds. The van der Waals surface area contributed by atoms with E-state index in [1.54, 1.807) is 6.07 Å². The highest BCUT2D eigenvalue weighted by molar-refractivity contribution is 6.31. The first kappa shape index (κ1) is 15.4. The second kappa shape index (κ2) is 7.72. The Morgan fingerprint density at radius 2 is 2.11 bits per heavy atom. The quantitative estimate of drug-likeness (QED) is 0.819. The van der Waals surface area contributed by atoms with E-state index in [-0.39, 0.29) is 10.8 Å². The highest BCUT2D eigenvalue weighted by Gasteiger charge is 2.09. The lowest BCUT2D eigenvalue weighted by atomic mass is 10.2. The summed E-state index contributed by atoms with van der Waals surface area (Å²) >= 11 is 5.96. The molecule has 1 aromatic carbocycles. The van der Waals surface area contributed by atoms with Crippen LogP contribution in [0.5, 0.6) is 0 Å². The van der Waals surface area contributed by atoms with Crippen LogP contribution >= 0.6 is 11.6 Å². The van der Waals surface area contributed by atoms with Gasteiger partial charge >= 0.3 is 0 Å². The Hall–Kier alpha value is -0.640. The summed E-state index contributed by atoms with van der Waals surface area (Å²) in [5.74, 6) is -0.342. The third-order valence-electron chi connectivity index (χ3n) is 2.85. The fourth-order valence-corrected chi connectivity index (χ4v) is 1.96. The van der Waals surface area contributed by atoms with Gasteiger partial charge in [0.15, 0.2) is 0 Å². The number of rotatable bonds is 7. The molecule has 102 valence electrons. The number of nitrogens with one attached hydrogen (secondary N) is 1. The van der Waals surface area contributed by atoms with Gasteiger partial charge in [0.2, 0.25) is 0 Å². The van der Waals surface area contributed by atoms with Crippen LogP contribution in [-0.4, -0.2) is 30.6 Å². The average Bonchev–Trinajstić information content (AvgIpc) is 2.33. The fraction of sp³-hybridized carbons (Fsp3) is 0.571. The predicted octanol–water partition coefficient (Wildman–Crippen LogP) is 3.30. The molecule has 0 radical (unpaired) electrons. The molecule has 1 aromatic rings. The Morgan fingerprint density at radius 3 is 2.72 bits per heavy atom. The van der Waals surface area contributed by atoms with E-state index in [0.29, 0.717) is 12.6 Å². The molecule has 0 aliphatic heterocycles.